The van der Waals surface area contributed by atoms with E-state index in [0.29, 0.717) is 0 Å². The summed E-state index contributed by atoms with van der Waals surface area (Å²) in [5, 5.41) is 0. The maximum absolute atomic E-state index is 13.5. The predicted molar refractivity (Wildman–Crippen MR) is 90.1 cm³/mol. The van der Waals surface area contributed by atoms with Gasteiger partial charge in [-0.15, -0.1) is 0 Å². The molecule has 0 bridgehead atoms. The first-order valence-corrected chi connectivity index (χ1v) is 7.35. The van der Waals surface area contributed by atoms with Gasteiger partial charge in [0.1, 0.15) is 5.78 Å². The summed E-state index contributed by atoms with van der Waals surface area (Å²) < 4.78 is 114. The van der Waals surface area contributed by atoms with Crippen molar-refractivity contribution in [1.82, 2.24) is 4.90 Å². The molecule has 1 aromatic carbocycles. The van der Waals surface area contributed by atoms with Crippen LogP contribution in [-0.2, 0) is 11.2 Å². The molecule has 0 amide bonds. The van der Waals surface area contributed by atoms with Gasteiger partial charge in [0.15, 0.2) is 11.5 Å². The van der Waals surface area contributed by atoms with Gasteiger partial charge in [-0.05, 0) is 42.0 Å². The molecular weight excluding hydrogens is 290 g/mol. The Hall–Kier alpha value is -1.55. The third-order valence-corrected chi connectivity index (χ3v) is 3.84. The fourth-order valence-corrected chi connectivity index (χ4v) is 2.84. The van der Waals surface area contributed by atoms with E-state index in [2.05, 4.69) is 0 Å². The monoisotopic (exact) mass is 330 g/mol. The molecule has 23 heavy (non-hydrogen) atoms. The number of methoxy groups -OCH3 is 2. The third kappa shape index (κ3) is 3.09. The molecule has 1 fully saturated rings. The minimum atomic E-state index is -3.13. The molecule has 2 aliphatic rings. The Morgan fingerprint density at radius 3 is 2.87 bits per heavy atom. The zero-order valence-corrected chi connectivity index (χ0v) is 12.9. The predicted octanol–water partition coefficient (Wildman–Crippen LogP) is 3.24. The summed E-state index contributed by atoms with van der Waals surface area (Å²) in [6.07, 6.45) is -5.74. The van der Waals surface area contributed by atoms with E-state index in [1.54, 1.807) is 0 Å². The average Bonchev–Trinajstić information content (AvgIpc) is 2.68. The largest absolute Gasteiger partial charge is 0.493 e. The van der Waals surface area contributed by atoms with Gasteiger partial charge < -0.3 is 9.47 Å². The quantitative estimate of drug-likeness (QED) is 0.849. The number of fused-ring (bicyclic) bond motifs is 3. The third-order valence-electron chi connectivity index (χ3n) is 3.84. The highest BCUT2D eigenvalue weighted by Crippen LogP contribution is 2.42. The van der Waals surface area contributed by atoms with E-state index >= 15 is 0 Å². The zero-order valence-electron chi connectivity index (χ0n) is 25.9. The number of benzene rings is 1. The van der Waals surface area contributed by atoms with E-state index in [9.17, 15) is 4.79 Å². The summed E-state index contributed by atoms with van der Waals surface area (Å²) in [4.78, 5) is 14.4. The zero-order chi connectivity index (χ0) is 27.9. The van der Waals surface area contributed by atoms with Gasteiger partial charge in [0, 0.05) is 40.9 Å². The van der Waals surface area contributed by atoms with Crippen molar-refractivity contribution < 1.29 is 32.1 Å². The highest BCUT2D eigenvalue weighted by Gasteiger charge is 2.38. The lowest BCUT2D eigenvalue weighted by atomic mass is 9.80. The molecule has 1 saturated heterocycles. The van der Waals surface area contributed by atoms with E-state index in [0.717, 1.165) is 17.0 Å². The second-order valence-electron chi connectivity index (χ2n) is 5.81. The van der Waals surface area contributed by atoms with Crippen LogP contribution in [0, 0.1) is 11.8 Å². The van der Waals surface area contributed by atoms with E-state index in [1.807, 2.05) is 0 Å². The van der Waals surface area contributed by atoms with E-state index in [1.165, 1.54) is 13.8 Å². The maximum Gasteiger partial charge on any atom is 0.161 e. The number of carbonyl (C=O) groups is 1. The van der Waals surface area contributed by atoms with E-state index < -0.39 is 68.5 Å². The lowest BCUT2D eigenvalue weighted by molar-refractivity contribution is -0.129. The number of rotatable bonds is 4. The normalized spacial score (nSPS) is 42.0. The minimum absolute atomic E-state index is 0.0121. The smallest absolute Gasteiger partial charge is 0.161 e. The second kappa shape index (κ2) is 6.52. The fourth-order valence-electron chi connectivity index (χ4n) is 2.84. The Morgan fingerprint density at radius 1 is 1.43 bits per heavy atom. The van der Waals surface area contributed by atoms with Gasteiger partial charge in [0.25, 0.3) is 0 Å². The Kier molecular flexibility index (Phi) is 1.91. The molecule has 1 aromatic rings. The molecule has 2 unspecified atom stereocenters. The van der Waals surface area contributed by atoms with Gasteiger partial charge >= 0.3 is 0 Å². The molecule has 0 aromatic heterocycles. The summed E-state index contributed by atoms with van der Waals surface area (Å²) in [6, 6.07) is 0.493. The van der Waals surface area contributed by atoms with Crippen molar-refractivity contribution in [2.24, 2.45) is 11.8 Å². The van der Waals surface area contributed by atoms with Crippen LogP contribution < -0.4 is 9.47 Å². The molecule has 0 saturated carbocycles. The van der Waals surface area contributed by atoms with Gasteiger partial charge in [-0.1, -0.05) is 13.8 Å². The molecule has 4 heteroatoms. The van der Waals surface area contributed by atoms with Crippen LogP contribution in [0.15, 0.2) is 12.1 Å². The number of ketones is 1. The van der Waals surface area contributed by atoms with Crippen LogP contribution in [-0.4, -0.2) is 37.8 Å². The van der Waals surface area contributed by atoms with Crippen LogP contribution in [0.3, 0.4) is 0 Å². The SMILES string of the molecule is [2H]C([2H])([2H])Oc1cc2c(cc1OC([2H])([2H])[2H])C1N(CC2)C([2H])([2H])C([2H])(C([2H])([2H])C(C)C)C(=O)C1([2H])[2H]. The van der Waals surface area contributed by atoms with E-state index in [4.69, 9.17) is 27.3 Å². The molecule has 2 heterocycles. The van der Waals surface area contributed by atoms with Crippen molar-refractivity contribution in [1.29, 1.82) is 0 Å². The molecule has 3 rings (SSSR count). The molecule has 0 aliphatic carbocycles. The highest BCUT2D eigenvalue weighted by atomic mass is 16.5. The first-order valence-electron chi connectivity index (χ1n) is 13.8. The standard InChI is InChI=1S/C19H27NO3/c1-12(2)7-14-11-20-6-5-13-8-18(22-3)19(23-4)9-15(13)16(20)10-17(14)21/h8-9,12,14,16H,5-7,10-11H2,1-4H3/i3D3,4D3,7D2,10D2,11D2,14D. The first-order chi connectivity index (χ1) is 16.0. The molecule has 0 radical (unpaired) electrons. The average molecular weight is 331 g/mol. The van der Waals surface area contributed by atoms with Crippen molar-refractivity contribution in [2.75, 3.05) is 27.1 Å². The summed E-state index contributed by atoms with van der Waals surface area (Å²) in [7, 11) is -6.02. The molecular formula is C19H27NO3. The number of carbonyl (C=O) groups excluding carboxylic acids is 1. The number of Topliss-reactive ketones (excluding diaryl/α,β-unsaturated/α-hetero) is 1. The van der Waals surface area contributed by atoms with Crippen LogP contribution >= 0.6 is 0 Å². The van der Waals surface area contributed by atoms with Crippen LogP contribution in [0.25, 0.3) is 0 Å². The molecule has 2 aliphatic heterocycles. The number of nitrogens with zero attached hydrogens (tertiary/aromatic N) is 1. The first kappa shape index (κ1) is 6.75. The molecule has 126 valence electrons. The highest BCUT2D eigenvalue weighted by molar-refractivity contribution is 5.83. The molecule has 4 nitrogen and oxygen atoms in total. The molecule has 0 N–H and O–H groups in total. The van der Waals surface area contributed by atoms with Crippen LogP contribution in [0.1, 0.15) is 61.6 Å². The van der Waals surface area contributed by atoms with Crippen molar-refractivity contribution in [3.05, 3.63) is 23.3 Å². The van der Waals surface area contributed by atoms with Crippen LogP contribution in [0.4, 0.5) is 0 Å². The Bertz CT molecular complexity index is 1050. The summed E-state index contributed by atoms with van der Waals surface area (Å²) in [5.74, 6) is -6.74. The Labute approximate surface area is 157 Å². The van der Waals surface area contributed by atoms with Gasteiger partial charge in [0.05, 0.1) is 22.3 Å². The van der Waals surface area contributed by atoms with Gasteiger partial charge in [-0.2, -0.15) is 0 Å². The lowest BCUT2D eigenvalue weighted by Crippen LogP contribution is -2.46. The molecule has 2 atom stereocenters. The van der Waals surface area contributed by atoms with Crippen LogP contribution in [0.2, 0.25) is 0 Å². The van der Waals surface area contributed by atoms with Gasteiger partial charge in [-0.3, -0.25) is 9.69 Å². The Balaban J connectivity index is 2.25. The number of ether oxygens (including phenoxy) is 2. The van der Waals surface area contributed by atoms with E-state index in [-0.39, 0.29) is 24.1 Å². The topological polar surface area (TPSA) is 38.8 Å². The van der Waals surface area contributed by atoms with Crippen molar-refractivity contribution in [2.45, 2.75) is 39.1 Å². The summed E-state index contributed by atoms with van der Waals surface area (Å²) in [5.41, 5.74) is 0.220. The maximum atomic E-state index is 13.5. The van der Waals surface area contributed by atoms with Crippen molar-refractivity contribution in [3.8, 4) is 11.5 Å². The number of hydrogen-bond donors (Lipinski definition) is 0. The second-order valence-corrected chi connectivity index (χ2v) is 5.81. The van der Waals surface area contributed by atoms with Gasteiger partial charge in [-0.25, -0.2) is 0 Å². The number of piperidine rings is 1. The van der Waals surface area contributed by atoms with Crippen molar-refractivity contribution in [3.63, 3.8) is 0 Å². The molecule has 0 spiro atoms. The van der Waals surface area contributed by atoms with Gasteiger partial charge in [0.2, 0.25) is 0 Å². The fraction of sp³-hybridized carbons (Fsp3) is 0.632. The summed E-state index contributed by atoms with van der Waals surface area (Å²) in [6.45, 7) is -0.459. The minimum Gasteiger partial charge on any atom is -0.493 e. The van der Waals surface area contributed by atoms with Crippen LogP contribution in [0.5, 0.6) is 11.5 Å². The lowest BCUT2D eigenvalue weighted by Gasteiger charge is -2.43. The summed E-state index contributed by atoms with van der Waals surface area (Å²) >= 11 is 0. The van der Waals surface area contributed by atoms with Crippen molar-refractivity contribution >= 4 is 5.78 Å². The number of hydrogen-bond acceptors (Lipinski definition) is 4. The Morgan fingerprint density at radius 2 is 2.17 bits per heavy atom.